The van der Waals surface area contributed by atoms with Crippen molar-refractivity contribution in [3.05, 3.63) is 51.5 Å². The smallest absolute Gasteiger partial charge is 0.251 e. The van der Waals surface area contributed by atoms with E-state index >= 15 is 0 Å². The number of hydrogen-bond donors (Lipinski definition) is 3. The Morgan fingerprint density at radius 2 is 1.84 bits per heavy atom. The van der Waals surface area contributed by atoms with Crippen LogP contribution in [0.5, 0.6) is 0 Å². The summed E-state index contributed by atoms with van der Waals surface area (Å²) in [6.45, 7) is 8.54. The molecule has 0 unspecified atom stereocenters. The van der Waals surface area contributed by atoms with Crippen molar-refractivity contribution in [1.29, 1.82) is 0 Å². The Morgan fingerprint density at radius 1 is 1.12 bits per heavy atom. The summed E-state index contributed by atoms with van der Waals surface area (Å²) in [4.78, 5) is 22.2. The fraction of sp³-hybridized carbons (Fsp3) is 0.389. The zero-order valence-corrected chi connectivity index (χ0v) is 15.7. The van der Waals surface area contributed by atoms with Gasteiger partial charge < -0.3 is 16.0 Å². The quantitative estimate of drug-likeness (QED) is 0.402. The van der Waals surface area contributed by atoms with Crippen molar-refractivity contribution in [2.45, 2.75) is 27.3 Å². The van der Waals surface area contributed by atoms with Gasteiger partial charge in [-0.15, -0.1) is 11.3 Å². The molecule has 0 fully saturated rings. The molecule has 25 heavy (non-hydrogen) atoms. The lowest BCUT2D eigenvalue weighted by Gasteiger charge is -2.11. The first-order valence-electron chi connectivity index (χ1n) is 8.38. The minimum absolute atomic E-state index is 0.0694. The molecule has 0 atom stereocenters. The van der Waals surface area contributed by atoms with Gasteiger partial charge in [-0.05, 0) is 32.9 Å². The van der Waals surface area contributed by atoms with E-state index in [1.54, 1.807) is 23.5 Å². The van der Waals surface area contributed by atoms with Crippen LogP contribution in [0.3, 0.4) is 0 Å². The standard InChI is InChI=1S/C18H25N5OS/c1-4-19-18(22-12-16-13(2)23-14(3)25-16)21-11-10-20-17(24)15-8-6-5-7-9-15/h5-9H,4,10-12H2,1-3H3,(H,20,24)(H2,19,21,22). The summed E-state index contributed by atoms with van der Waals surface area (Å²) in [6.07, 6.45) is 0. The number of carbonyl (C=O) groups excluding carboxylic acids is 1. The van der Waals surface area contributed by atoms with E-state index in [1.807, 2.05) is 39.0 Å². The summed E-state index contributed by atoms with van der Waals surface area (Å²) in [6, 6.07) is 9.20. The van der Waals surface area contributed by atoms with Crippen LogP contribution in [0.1, 0.15) is 32.9 Å². The van der Waals surface area contributed by atoms with Crippen LogP contribution < -0.4 is 16.0 Å². The molecular formula is C18H25N5OS. The maximum absolute atomic E-state index is 12.0. The Morgan fingerprint density at radius 3 is 2.48 bits per heavy atom. The third-order valence-electron chi connectivity index (χ3n) is 3.46. The molecule has 1 amide bonds. The predicted octanol–water partition coefficient (Wildman–Crippen LogP) is 2.25. The van der Waals surface area contributed by atoms with Crippen LogP contribution in [-0.4, -0.2) is 36.5 Å². The number of guanidine groups is 1. The van der Waals surface area contributed by atoms with Gasteiger partial charge >= 0.3 is 0 Å². The van der Waals surface area contributed by atoms with Crippen LogP contribution in [0, 0.1) is 13.8 Å². The molecular weight excluding hydrogens is 334 g/mol. The molecule has 0 aliphatic carbocycles. The lowest BCUT2D eigenvalue weighted by molar-refractivity contribution is 0.0954. The van der Waals surface area contributed by atoms with E-state index in [1.165, 1.54) is 4.88 Å². The summed E-state index contributed by atoms with van der Waals surface area (Å²) in [5.41, 5.74) is 1.70. The van der Waals surface area contributed by atoms with Gasteiger partial charge in [0.25, 0.3) is 5.91 Å². The van der Waals surface area contributed by atoms with Gasteiger partial charge in [0, 0.05) is 30.1 Å². The van der Waals surface area contributed by atoms with Crippen molar-refractivity contribution < 1.29 is 4.79 Å². The van der Waals surface area contributed by atoms with Crippen LogP contribution in [0.15, 0.2) is 35.3 Å². The number of aliphatic imine (C=N–C) groups is 1. The maximum Gasteiger partial charge on any atom is 0.251 e. The monoisotopic (exact) mass is 359 g/mol. The molecule has 0 saturated carbocycles. The SMILES string of the molecule is CCNC(=NCc1sc(C)nc1C)NCCNC(=O)c1ccccc1. The van der Waals surface area contributed by atoms with E-state index in [4.69, 9.17) is 0 Å². The second kappa shape index (κ2) is 9.78. The Balaban J connectivity index is 1.80. The van der Waals surface area contributed by atoms with Gasteiger partial charge in [0.05, 0.1) is 17.2 Å². The fourth-order valence-corrected chi connectivity index (χ4v) is 3.12. The predicted molar refractivity (Wildman–Crippen MR) is 103 cm³/mol. The zero-order valence-electron chi connectivity index (χ0n) is 14.9. The normalized spacial score (nSPS) is 11.2. The van der Waals surface area contributed by atoms with Crippen molar-refractivity contribution >= 4 is 23.2 Å². The minimum atomic E-state index is -0.0694. The maximum atomic E-state index is 12.0. The van der Waals surface area contributed by atoms with Crippen LogP contribution in [-0.2, 0) is 6.54 Å². The lowest BCUT2D eigenvalue weighted by atomic mass is 10.2. The Bertz CT molecular complexity index is 712. The highest BCUT2D eigenvalue weighted by Gasteiger charge is 2.06. The molecule has 134 valence electrons. The number of carbonyl (C=O) groups is 1. The average Bonchev–Trinajstić information content (AvgIpc) is 2.94. The molecule has 2 aromatic rings. The number of benzene rings is 1. The van der Waals surface area contributed by atoms with E-state index in [0.29, 0.717) is 25.2 Å². The van der Waals surface area contributed by atoms with Crippen molar-refractivity contribution in [3.63, 3.8) is 0 Å². The summed E-state index contributed by atoms with van der Waals surface area (Å²) >= 11 is 1.67. The van der Waals surface area contributed by atoms with Gasteiger partial charge in [0.2, 0.25) is 0 Å². The first kappa shape index (κ1) is 18.9. The van der Waals surface area contributed by atoms with E-state index in [2.05, 4.69) is 25.9 Å². The third kappa shape index (κ3) is 6.19. The lowest BCUT2D eigenvalue weighted by Crippen LogP contribution is -2.41. The number of nitrogens with one attached hydrogen (secondary N) is 3. The second-order valence-corrected chi connectivity index (χ2v) is 6.77. The number of aromatic nitrogens is 1. The first-order valence-corrected chi connectivity index (χ1v) is 9.20. The minimum Gasteiger partial charge on any atom is -0.357 e. The molecule has 2 rings (SSSR count). The molecule has 0 spiro atoms. The molecule has 6 nitrogen and oxygen atoms in total. The van der Waals surface area contributed by atoms with Crippen molar-refractivity contribution in [2.24, 2.45) is 4.99 Å². The topological polar surface area (TPSA) is 78.4 Å². The fourth-order valence-electron chi connectivity index (χ4n) is 2.26. The first-order chi connectivity index (χ1) is 12.1. The summed E-state index contributed by atoms with van der Waals surface area (Å²) in [5, 5.41) is 10.4. The van der Waals surface area contributed by atoms with Gasteiger partial charge in [0.15, 0.2) is 5.96 Å². The zero-order chi connectivity index (χ0) is 18.1. The number of rotatable bonds is 7. The number of nitrogens with zero attached hydrogens (tertiary/aromatic N) is 2. The van der Waals surface area contributed by atoms with Crippen LogP contribution >= 0.6 is 11.3 Å². The van der Waals surface area contributed by atoms with Gasteiger partial charge in [-0.25, -0.2) is 9.98 Å². The van der Waals surface area contributed by atoms with Gasteiger partial charge in [-0.2, -0.15) is 0 Å². The van der Waals surface area contributed by atoms with Gasteiger partial charge in [-0.3, -0.25) is 4.79 Å². The Labute approximate surface area is 152 Å². The summed E-state index contributed by atoms with van der Waals surface area (Å²) in [7, 11) is 0. The van der Waals surface area contributed by atoms with Gasteiger partial charge in [-0.1, -0.05) is 18.2 Å². The summed E-state index contributed by atoms with van der Waals surface area (Å²) in [5.74, 6) is 0.669. The number of thiazole rings is 1. The molecule has 0 saturated heterocycles. The average molecular weight is 359 g/mol. The molecule has 3 N–H and O–H groups in total. The highest BCUT2D eigenvalue weighted by atomic mass is 32.1. The number of hydrogen-bond acceptors (Lipinski definition) is 4. The van der Waals surface area contributed by atoms with Crippen LogP contribution in [0.4, 0.5) is 0 Å². The third-order valence-corrected chi connectivity index (χ3v) is 4.52. The van der Waals surface area contributed by atoms with Crippen molar-refractivity contribution in [3.8, 4) is 0 Å². The van der Waals surface area contributed by atoms with Gasteiger partial charge in [0.1, 0.15) is 0 Å². The highest BCUT2D eigenvalue weighted by molar-refractivity contribution is 7.11. The molecule has 0 aliphatic heterocycles. The van der Waals surface area contributed by atoms with E-state index in [9.17, 15) is 4.79 Å². The molecule has 0 aliphatic rings. The van der Waals surface area contributed by atoms with E-state index in [0.717, 1.165) is 23.2 Å². The Kier molecular flexibility index (Phi) is 7.40. The molecule has 1 heterocycles. The summed E-state index contributed by atoms with van der Waals surface area (Å²) < 4.78 is 0. The number of amides is 1. The number of aryl methyl sites for hydroxylation is 2. The molecule has 1 aromatic carbocycles. The van der Waals surface area contributed by atoms with E-state index < -0.39 is 0 Å². The Hall–Kier alpha value is -2.41. The molecule has 1 aromatic heterocycles. The molecule has 7 heteroatoms. The highest BCUT2D eigenvalue weighted by Crippen LogP contribution is 2.17. The van der Waals surface area contributed by atoms with Crippen molar-refractivity contribution in [1.82, 2.24) is 20.9 Å². The van der Waals surface area contributed by atoms with Crippen LogP contribution in [0.2, 0.25) is 0 Å². The van der Waals surface area contributed by atoms with E-state index in [-0.39, 0.29) is 5.91 Å². The molecule has 0 radical (unpaired) electrons. The second-order valence-electron chi connectivity index (χ2n) is 5.49. The van der Waals surface area contributed by atoms with Crippen LogP contribution in [0.25, 0.3) is 0 Å². The molecule has 0 bridgehead atoms. The largest absolute Gasteiger partial charge is 0.357 e. The van der Waals surface area contributed by atoms with Crippen molar-refractivity contribution in [2.75, 3.05) is 19.6 Å².